The number of carbonyl (C=O) groups is 2. The van der Waals surface area contributed by atoms with Crippen molar-refractivity contribution in [3.05, 3.63) is 0 Å². The second kappa shape index (κ2) is 14.9. The average Bonchev–Trinajstić information content (AvgIpc) is 2.58. The zero-order valence-electron chi connectivity index (χ0n) is 21.3. The summed E-state index contributed by atoms with van der Waals surface area (Å²) in [5.41, 5.74) is 0.101. The van der Waals surface area contributed by atoms with Gasteiger partial charge in [0.15, 0.2) is 0 Å². The zero-order chi connectivity index (χ0) is 23.2. The molecule has 178 valence electrons. The van der Waals surface area contributed by atoms with Gasteiger partial charge in [0.1, 0.15) is 0 Å². The Hall–Kier alpha value is -1.06. The Bertz CT molecular complexity index is 433. The van der Waals surface area contributed by atoms with E-state index < -0.39 is 0 Å². The molecule has 0 fully saturated rings. The lowest BCUT2D eigenvalue weighted by molar-refractivity contribution is -0.148. The Morgan fingerprint density at radius 1 is 0.600 bits per heavy atom. The molecule has 0 unspecified atom stereocenters. The van der Waals surface area contributed by atoms with Crippen molar-refractivity contribution in [2.75, 3.05) is 13.2 Å². The van der Waals surface area contributed by atoms with Crippen molar-refractivity contribution in [2.45, 2.75) is 120 Å². The zero-order valence-corrected chi connectivity index (χ0v) is 21.3. The monoisotopic (exact) mass is 426 g/mol. The standard InChI is InChI=1S/C26H50O4/c1-21(2)17-25(5,6)19-29-23(27)15-13-11-9-10-12-14-16-24(28)30-20-26(7,8)18-22(3)4/h21-22H,9-20H2,1-8H3. The van der Waals surface area contributed by atoms with Crippen molar-refractivity contribution in [2.24, 2.45) is 22.7 Å². The van der Waals surface area contributed by atoms with E-state index in [1.54, 1.807) is 0 Å². The van der Waals surface area contributed by atoms with Crippen LogP contribution in [0.1, 0.15) is 120 Å². The molecular weight excluding hydrogens is 376 g/mol. The summed E-state index contributed by atoms with van der Waals surface area (Å²) < 4.78 is 10.9. The van der Waals surface area contributed by atoms with E-state index in [1.807, 2.05) is 0 Å². The van der Waals surface area contributed by atoms with Crippen LogP contribution < -0.4 is 0 Å². The number of ether oxygens (including phenoxy) is 2. The first-order valence-electron chi connectivity index (χ1n) is 12.1. The molecule has 4 nitrogen and oxygen atoms in total. The van der Waals surface area contributed by atoms with Crippen LogP contribution in [-0.4, -0.2) is 25.2 Å². The average molecular weight is 427 g/mol. The number of rotatable bonds is 17. The highest BCUT2D eigenvalue weighted by molar-refractivity contribution is 5.69. The van der Waals surface area contributed by atoms with Crippen LogP contribution in [-0.2, 0) is 19.1 Å². The lowest BCUT2D eigenvalue weighted by Gasteiger charge is -2.26. The molecule has 0 heterocycles. The maximum Gasteiger partial charge on any atom is 0.305 e. The van der Waals surface area contributed by atoms with E-state index in [4.69, 9.17) is 9.47 Å². The molecule has 0 aliphatic rings. The summed E-state index contributed by atoms with van der Waals surface area (Å²) >= 11 is 0. The van der Waals surface area contributed by atoms with Gasteiger partial charge in [0, 0.05) is 12.8 Å². The molecule has 0 saturated heterocycles. The summed E-state index contributed by atoms with van der Waals surface area (Å²) in [5, 5.41) is 0. The van der Waals surface area contributed by atoms with Crippen molar-refractivity contribution < 1.29 is 19.1 Å². The molecule has 0 bridgehead atoms. The van der Waals surface area contributed by atoms with Gasteiger partial charge in [0.05, 0.1) is 13.2 Å². The van der Waals surface area contributed by atoms with Gasteiger partial charge in [-0.1, -0.05) is 81.1 Å². The Balaban J connectivity index is 3.65. The molecule has 0 saturated carbocycles. The first-order chi connectivity index (χ1) is 13.8. The van der Waals surface area contributed by atoms with Gasteiger partial charge >= 0.3 is 11.9 Å². The summed E-state index contributed by atoms with van der Waals surface area (Å²) in [7, 11) is 0. The predicted octanol–water partition coefficient (Wildman–Crippen LogP) is 7.34. The van der Waals surface area contributed by atoms with Gasteiger partial charge in [-0.2, -0.15) is 0 Å². The van der Waals surface area contributed by atoms with Gasteiger partial charge in [-0.25, -0.2) is 0 Å². The Kier molecular flexibility index (Phi) is 14.3. The molecule has 0 amide bonds. The lowest BCUT2D eigenvalue weighted by atomic mass is 9.85. The molecule has 0 rings (SSSR count). The summed E-state index contributed by atoms with van der Waals surface area (Å²) in [5.74, 6) is 1.07. The molecular formula is C26H50O4. The van der Waals surface area contributed by atoms with Crippen LogP contribution in [0.5, 0.6) is 0 Å². The number of unbranched alkanes of at least 4 members (excludes halogenated alkanes) is 5. The SMILES string of the molecule is CC(C)CC(C)(C)COC(=O)CCCCCCCCC(=O)OCC(C)(C)CC(C)C. The van der Waals surface area contributed by atoms with E-state index in [0.717, 1.165) is 51.4 Å². The van der Waals surface area contributed by atoms with E-state index in [2.05, 4.69) is 55.4 Å². The van der Waals surface area contributed by atoms with E-state index in [-0.39, 0.29) is 22.8 Å². The largest absolute Gasteiger partial charge is 0.465 e. The highest BCUT2D eigenvalue weighted by Gasteiger charge is 2.22. The summed E-state index contributed by atoms with van der Waals surface area (Å²) in [4.78, 5) is 23.8. The van der Waals surface area contributed by atoms with Gasteiger partial charge in [0.2, 0.25) is 0 Å². The third-order valence-corrected chi connectivity index (χ3v) is 5.18. The minimum absolute atomic E-state index is 0.0507. The molecule has 0 radical (unpaired) electrons. The smallest absolute Gasteiger partial charge is 0.305 e. The minimum atomic E-state index is -0.0741. The van der Waals surface area contributed by atoms with Crippen LogP contribution in [0.4, 0.5) is 0 Å². The number of hydrogen-bond donors (Lipinski definition) is 0. The topological polar surface area (TPSA) is 52.6 Å². The van der Waals surface area contributed by atoms with Crippen molar-refractivity contribution in [3.8, 4) is 0 Å². The van der Waals surface area contributed by atoms with E-state index >= 15 is 0 Å². The first-order valence-corrected chi connectivity index (χ1v) is 12.1. The Morgan fingerprint density at radius 2 is 0.900 bits per heavy atom. The van der Waals surface area contributed by atoms with Crippen LogP contribution in [0.25, 0.3) is 0 Å². The molecule has 0 N–H and O–H groups in total. The quantitative estimate of drug-likeness (QED) is 0.180. The molecule has 0 atom stereocenters. The van der Waals surface area contributed by atoms with Crippen LogP contribution in [0.2, 0.25) is 0 Å². The van der Waals surface area contributed by atoms with Gasteiger partial charge in [0.25, 0.3) is 0 Å². The maximum atomic E-state index is 11.9. The normalized spacial score (nSPS) is 12.5. The van der Waals surface area contributed by atoms with E-state index in [9.17, 15) is 9.59 Å². The van der Waals surface area contributed by atoms with Gasteiger partial charge in [-0.3, -0.25) is 9.59 Å². The Labute approximate surface area is 186 Å². The lowest BCUT2D eigenvalue weighted by Crippen LogP contribution is -2.23. The highest BCUT2D eigenvalue weighted by Crippen LogP contribution is 2.26. The first kappa shape index (κ1) is 28.9. The summed E-state index contributed by atoms with van der Waals surface area (Å²) in [6, 6.07) is 0. The summed E-state index contributed by atoms with van der Waals surface area (Å²) in [6.45, 7) is 18.4. The van der Waals surface area contributed by atoms with Crippen LogP contribution in [0, 0.1) is 22.7 Å². The van der Waals surface area contributed by atoms with Crippen LogP contribution >= 0.6 is 0 Å². The molecule has 0 aliphatic carbocycles. The van der Waals surface area contributed by atoms with Gasteiger partial charge in [-0.15, -0.1) is 0 Å². The maximum absolute atomic E-state index is 11.9. The predicted molar refractivity (Wildman–Crippen MR) is 125 cm³/mol. The van der Waals surface area contributed by atoms with Crippen LogP contribution in [0.15, 0.2) is 0 Å². The highest BCUT2D eigenvalue weighted by atomic mass is 16.5. The second-order valence-electron chi connectivity index (χ2n) is 11.5. The molecule has 0 aromatic rings. The molecule has 4 heteroatoms. The minimum Gasteiger partial charge on any atom is -0.465 e. The molecule has 0 spiro atoms. The number of carbonyl (C=O) groups excluding carboxylic acids is 2. The van der Waals surface area contributed by atoms with Crippen molar-refractivity contribution >= 4 is 11.9 Å². The second-order valence-corrected chi connectivity index (χ2v) is 11.5. The molecule has 30 heavy (non-hydrogen) atoms. The van der Waals surface area contributed by atoms with Gasteiger partial charge in [-0.05, 0) is 48.3 Å². The fraction of sp³-hybridized carbons (Fsp3) is 0.923. The Morgan fingerprint density at radius 3 is 1.20 bits per heavy atom. The molecule has 0 aliphatic heterocycles. The number of esters is 2. The van der Waals surface area contributed by atoms with Gasteiger partial charge < -0.3 is 9.47 Å². The fourth-order valence-corrected chi connectivity index (χ4v) is 4.27. The third kappa shape index (κ3) is 17.8. The number of hydrogen-bond acceptors (Lipinski definition) is 4. The fourth-order valence-electron chi connectivity index (χ4n) is 4.27. The molecule has 0 aromatic heterocycles. The van der Waals surface area contributed by atoms with Crippen molar-refractivity contribution in [1.82, 2.24) is 0 Å². The van der Waals surface area contributed by atoms with Crippen molar-refractivity contribution in [3.63, 3.8) is 0 Å². The van der Waals surface area contributed by atoms with Crippen LogP contribution in [0.3, 0.4) is 0 Å². The summed E-state index contributed by atoms with van der Waals surface area (Å²) in [6.07, 6.45) is 9.19. The third-order valence-electron chi connectivity index (χ3n) is 5.18. The molecule has 0 aromatic carbocycles. The van der Waals surface area contributed by atoms with E-state index in [0.29, 0.717) is 37.9 Å². The van der Waals surface area contributed by atoms with Crippen molar-refractivity contribution in [1.29, 1.82) is 0 Å². The van der Waals surface area contributed by atoms with E-state index in [1.165, 1.54) is 0 Å².